The van der Waals surface area contributed by atoms with E-state index in [0.29, 0.717) is 12.4 Å². The molecule has 17 heavy (non-hydrogen) atoms. The maximum Gasteiger partial charge on any atom is 0.226 e. The maximum atomic E-state index is 5.46. The average Bonchev–Trinajstić information content (AvgIpc) is 2.78. The lowest BCUT2D eigenvalue weighted by atomic mass is 10.2. The van der Waals surface area contributed by atoms with Gasteiger partial charge < -0.3 is 14.9 Å². The monoisotopic (exact) mass is 296 g/mol. The van der Waals surface area contributed by atoms with Crippen LogP contribution in [0.25, 0.3) is 11.5 Å². The second kappa shape index (κ2) is 5.33. The van der Waals surface area contributed by atoms with Crippen molar-refractivity contribution < 1.29 is 9.15 Å². The zero-order valence-corrected chi connectivity index (χ0v) is 11.0. The third-order valence-corrected chi connectivity index (χ3v) is 2.97. The van der Waals surface area contributed by atoms with Gasteiger partial charge in [0.2, 0.25) is 5.89 Å². The van der Waals surface area contributed by atoms with Crippen molar-refractivity contribution in [3.8, 4) is 17.2 Å². The van der Waals surface area contributed by atoms with Crippen LogP contribution >= 0.6 is 15.9 Å². The van der Waals surface area contributed by atoms with Crippen LogP contribution in [0.3, 0.4) is 0 Å². The van der Waals surface area contributed by atoms with Crippen LogP contribution in [0.15, 0.2) is 33.4 Å². The van der Waals surface area contributed by atoms with Crippen LogP contribution in [0.1, 0.15) is 5.69 Å². The van der Waals surface area contributed by atoms with Gasteiger partial charge >= 0.3 is 0 Å². The summed E-state index contributed by atoms with van der Waals surface area (Å²) in [6.45, 7) is 0.568. The minimum atomic E-state index is 0.568. The van der Waals surface area contributed by atoms with E-state index in [1.54, 1.807) is 13.4 Å². The molecule has 0 fully saturated rings. The number of hydrogen-bond acceptors (Lipinski definition) is 4. The molecule has 90 valence electrons. The Balaban J connectivity index is 2.29. The zero-order chi connectivity index (χ0) is 12.3. The highest BCUT2D eigenvalue weighted by atomic mass is 79.9. The summed E-state index contributed by atoms with van der Waals surface area (Å²) in [5, 5.41) is 0. The maximum absolute atomic E-state index is 5.46. The molecule has 0 saturated heterocycles. The third kappa shape index (κ3) is 2.68. The van der Waals surface area contributed by atoms with Gasteiger partial charge in [-0.05, 0) is 40.7 Å². The Morgan fingerprint density at radius 1 is 1.47 bits per heavy atom. The first-order chi connectivity index (χ1) is 8.24. The zero-order valence-electron chi connectivity index (χ0n) is 9.44. The van der Waals surface area contributed by atoms with E-state index in [4.69, 9.17) is 14.9 Å². The molecular weight excluding hydrogens is 284 g/mol. The molecule has 0 aliphatic carbocycles. The SMILES string of the molecule is COc1ccc(-c2nc(CCN)co2)cc1Br. The number of aromatic nitrogens is 1. The van der Waals surface area contributed by atoms with Crippen LogP contribution in [0, 0.1) is 0 Å². The molecular formula is C12H13BrN2O2. The lowest BCUT2D eigenvalue weighted by molar-refractivity contribution is 0.412. The van der Waals surface area contributed by atoms with Crippen molar-refractivity contribution >= 4 is 15.9 Å². The Morgan fingerprint density at radius 2 is 2.29 bits per heavy atom. The standard InChI is InChI=1S/C12H13BrN2O2/c1-16-11-3-2-8(6-10(11)13)12-15-9(4-5-14)7-17-12/h2-3,6-7H,4-5,14H2,1H3. The summed E-state index contributed by atoms with van der Waals surface area (Å²) in [6, 6.07) is 5.69. The number of halogens is 1. The molecule has 4 nitrogen and oxygen atoms in total. The molecule has 0 atom stereocenters. The Labute approximate surface area is 108 Å². The Morgan fingerprint density at radius 3 is 2.94 bits per heavy atom. The summed E-state index contributed by atoms with van der Waals surface area (Å²) < 4.78 is 11.4. The van der Waals surface area contributed by atoms with Gasteiger partial charge in [-0.25, -0.2) is 4.98 Å². The topological polar surface area (TPSA) is 61.3 Å². The second-order valence-corrected chi connectivity index (χ2v) is 4.39. The number of nitrogens with two attached hydrogens (primary N) is 1. The van der Waals surface area contributed by atoms with Gasteiger partial charge in [0.25, 0.3) is 0 Å². The predicted molar refractivity (Wildman–Crippen MR) is 68.9 cm³/mol. The molecule has 0 radical (unpaired) electrons. The fraction of sp³-hybridized carbons (Fsp3) is 0.250. The van der Waals surface area contributed by atoms with Crippen LogP contribution in [-0.2, 0) is 6.42 Å². The molecule has 2 aromatic rings. The molecule has 2 rings (SSSR count). The van der Waals surface area contributed by atoms with E-state index >= 15 is 0 Å². The van der Waals surface area contributed by atoms with Gasteiger partial charge in [-0.15, -0.1) is 0 Å². The Kier molecular flexibility index (Phi) is 3.81. The summed E-state index contributed by atoms with van der Waals surface area (Å²) in [6.07, 6.45) is 2.36. The number of methoxy groups -OCH3 is 1. The van der Waals surface area contributed by atoms with Crippen LogP contribution in [-0.4, -0.2) is 18.6 Å². The number of rotatable bonds is 4. The summed E-state index contributed by atoms with van der Waals surface area (Å²) >= 11 is 3.43. The normalized spacial score (nSPS) is 10.5. The number of hydrogen-bond donors (Lipinski definition) is 1. The van der Waals surface area contributed by atoms with E-state index in [1.807, 2.05) is 18.2 Å². The molecule has 0 unspecified atom stereocenters. The number of benzene rings is 1. The highest BCUT2D eigenvalue weighted by Gasteiger charge is 2.08. The minimum absolute atomic E-state index is 0.568. The smallest absolute Gasteiger partial charge is 0.226 e. The summed E-state index contributed by atoms with van der Waals surface area (Å²) in [5.41, 5.74) is 7.24. The van der Waals surface area contributed by atoms with Crippen LogP contribution in [0.2, 0.25) is 0 Å². The first-order valence-electron chi connectivity index (χ1n) is 5.23. The van der Waals surface area contributed by atoms with Crippen molar-refractivity contribution in [1.82, 2.24) is 4.98 Å². The van der Waals surface area contributed by atoms with Gasteiger partial charge in [0.1, 0.15) is 12.0 Å². The minimum Gasteiger partial charge on any atom is -0.496 e. The van der Waals surface area contributed by atoms with Gasteiger partial charge in [0, 0.05) is 12.0 Å². The molecule has 0 aliphatic rings. The highest BCUT2D eigenvalue weighted by Crippen LogP contribution is 2.30. The van der Waals surface area contributed by atoms with Gasteiger partial charge in [0.05, 0.1) is 17.3 Å². The van der Waals surface area contributed by atoms with E-state index < -0.39 is 0 Å². The molecule has 2 N–H and O–H groups in total. The largest absolute Gasteiger partial charge is 0.496 e. The predicted octanol–water partition coefficient (Wildman–Crippen LogP) is 2.61. The Bertz CT molecular complexity index is 511. The van der Waals surface area contributed by atoms with Gasteiger partial charge in [-0.3, -0.25) is 0 Å². The molecule has 0 amide bonds. The van der Waals surface area contributed by atoms with Gasteiger partial charge in [-0.2, -0.15) is 0 Å². The van der Waals surface area contributed by atoms with Gasteiger partial charge in [-0.1, -0.05) is 0 Å². The molecule has 1 aromatic heterocycles. The van der Waals surface area contributed by atoms with Crippen LogP contribution in [0.4, 0.5) is 0 Å². The molecule has 0 bridgehead atoms. The van der Waals surface area contributed by atoms with E-state index in [-0.39, 0.29) is 0 Å². The lowest BCUT2D eigenvalue weighted by Gasteiger charge is -2.03. The van der Waals surface area contributed by atoms with Crippen molar-refractivity contribution in [2.75, 3.05) is 13.7 Å². The lowest BCUT2D eigenvalue weighted by Crippen LogP contribution is -2.02. The van der Waals surface area contributed by atoms with E-state index in [9.17, 15) is 0 Å². The molecule has 5 heteroatoms. The van der Waals surface area contributed by atoms with Crippen LogP contribution < -0.4 is 10.5 Å². The van der Waals surface area contributed by atoms with E-state index in [2.05, 4.69) is 20.9 Å². The van der Waals surface area contributed by atoms with Crippen molar-refractivity contribution in [2.45, 2.75) is 6.42 Å². The van der Waals surface area contributed by atoms with Gasteiger partial charge in [0.15, 0.2) is 0 Å². The van der Waals surface area contributed by atoms with Crippen molar-refractivity contribution in [1.29, 1.82) is 0 Å². The highest BCUT2D eigenvalue weighted by molar-refractivity contribution is 9.10. The summed E-state index contributed by atoms with van der Waals surface area (Å²) in [4.78, 5) is 4.36. The van der Waals surface area contributed by atoms with E-state index in [1.165, 1.54) is 0 Å². The summed E-state index contributed by atoms with van der Waals surface area (Å²) in [5.74, 6) is 1.37. The molecule has 0 aliphatic heterocycles. The van der Waals surface area contributed by atoms with Crippen molar-refractivity contribution in [3.05, 3.63) is 34.6 Å². The fourth-order valence-electron chi connectivity index (χ4n) is 1.50. The third-order valence-electron chi connectivity index (χ3n) is 2.35. The number of nitrogens with zero attached hydrogens (tertiary/aromatic N) is 1. The second-order valence-electron chi connectivity index (χ2n) is 3.53. The first-order valence-corrected chi connectivity index (χ1v) is 6.02. The Hall–Kier alpha value is -1.33. The van der Waals surface area contributed by atoms with E-state index in [0.717, 1.165) is 27.9 Å². The first kappa shape index (κ1) is 12.1. The van der Waals surface area contributed by atoms with Crippen molar-refractivity contribution in [2.24, 2.45) is 5.73 Å². The number of ether oxygens (including phenoxy) is 1. The quantitative estimate of drug-likeness (QED) is 0.942. The molecule has 1 aromatic carbocycles. The number of oxazole rings is 1. The van der Waals surface area contributed by atoms with Crippen molar-refractivity contribution in [3.63, 3.8) is 0 Å². The molecule has 0 spiro atoms. The van der Waals surface area contributed by atoms with Crippen LogP contribution in [0.5, 0.6) is 5.75 Å². The summed E-state index contributed by atoms with van der Waals surface area (Å²) in [7, 11) is 1.63. The average molecular weight is 297 g/mol. The molecule has 0 saturated carbocycles. The fourth-order valence-corrected chi connectivity index (χ4v) is 2.04. The molecule has 1 heterocycles.